The van der Waals surface area contributed by atoms with Crippen LogP contribution >= 0.6 is 15.9 Å². The number of rotatable bonds is 4. The average Bonchev–Trinajstić information content (AvgIpc) is 2.97. The number of hydrogen-bond donors (Lipinski definition) is 0. The second-order valence-corrected chi connectivity index (χ2v) is 8.96. The minimum absolute atomic E-state index is 0.00731. The molecule has 1 saturated heterocycles. The molecule has 2 atom stereocenters. The summed E-state index contributed by atoms with van der Waals surface area (Å²) >= 11 is 3.62. The Morgan fingerprint density at radius 1 is 1.44 bits per heavy atom. The quantitative estimate of drug-likeness (QED) is 0.670. The van der Waals surface area contributed by atoms with Crippen LogP contribution in [-0.2, 0) is 10.2 Å². The van der Waals surface area contributed by atoms with Crippen molar-refractivity contribution >= 4 is 27.5 Å². The van der Waals surface area contributed by atoms with E-state index >= 15 is 0 Å². The number of amides is 1. The Morgan fingerprint density at radius 2 is 2.12 bits per heavy atom. The van der Waals surface area contributed by atoms with Gasteiger partial charge in [0.25, 0.3) is 0 Å². The van der Waals surface area contributed by atoms with Crippen LogP contribution in [0.3, 0.4) is 0 Å². The Bertz CT molecular complexity index is 763. The fraction of sp³-hybridized carbons (Fsp3) is 0.476. The summed E-state index contributed by atoms with van der Waals surface area (Å²) in [5.74, 6) is 0.204. The third-order valence-electron chi connectivity index (χ3n) is 6.03. The van der Waals surface area contributed by atoms with E-state index in [-0.39, 0.29) is 22.9 Å². The van der Waals surface area contributed by atoms with Gasteiger partial charge in [0.05, 0.1) is 5.41 Å². The van der Waals surface area contributed by atoms with Gasteiger partial charge in [-0.25, -0.2) is 0 Å². The normalized spacial score (nSPS) is 25.0. The zero-order chi connectivity index (χ0) is 18.6. The first kappa shape index (κ1) is 18.2. The predicted molar refractivity (Wildman–Crippen MR) is 108 cm³/mol. The maximum Gasteiger partial charge on any atom is 0.225 e. The Morgan fingerprint density at radius 3 is 2.72 bits per heavy atom. The minimum atomic E-state index is -0.286. The van der Waals surface area contributed by atoms with Gasteiger partial charge in [0, 0.05) is 30.2 Å². The zero-order valence-electron chi connectivity index (χ0n) is 15.8. The number of fused-ring (bicyclic) bond motifs is 3. The molecule has 0 bridgehead atoms. The molecule has 0 aromatic heterocycles. The standard InChI is InChI=1S/C21H27BrN2O/c1-7-20(4,5)21-13-18(25)23(6)19(21)24(11-10-14(2)3)17-12-15(22)8-9-16(17)21/h7-10,12,19H,1,11,13H2,2-6H3. The van der Waals surface area contributed by atoms with Crippen molar-refractivity contribution in [3.05, 3.63) is 52.5 Å². The van der Waals surface area contributed by atoms with Crippen LogP contribution in [0.5, 0.6) is 0 Å². The fourth-order valence-electron chi connectivity index (χ4n) is 4.45. The maximum absolute atomic E-state index is 12.8. The second kappa shape index (κ2) is 6.01. The molecule has 134 valence electrons. The van der Waals surface area contributed by atoms with Gasteiger partial charge in [0.1, 0.15) is 6.17 Å². The number of allylic oxidation sites excluding steroid dienone is 2. The van der Waals surface area contributed by atoms with Crippen molar-refractivity contribution in [3.8, 4) is 0 Å². The van der Waals surface area contributed by atoms with Crippen molar-refractivity contribution in [3.63, 3.8) is 0 Å². The van der Waals surface area contributed by atoms with Crippen LogP contribution in [0.2, 0.25) is 0 Å². The highest BCUT2D eigenvalue weighted by Gasteiger charge is 2.64. The zero-order valence-corrected chi connectivity index (χ0v) is 17.4. The molecule has 1 amide bonds. The summed E-state index contributed by atoms with van der Waals surface area (Å²) in [6.45, 7) is 13.5. The molecule has 2 aliphatic rings. The molecule has 1 aromatic carbocycles. The van der Waals surface area contributed by atoms with Crippen LogP contribution in [-0.4, -0.2) is 30.6 Å². The first-order chi connectivity index (χ1) is 11.7. The largest absolute Gasteiger partial charge is 0.346 e. The van der Waals surface area contributed by atoms with E-state index in [0.29, 0.717) is 6.42 Å². The first-order valence-electron chi connectivity index (χ1n) is 8.75. The van der Waals surface area contributed by atoms with Gasteiger partial charge in [-0.05, 0) is 37.0 Å². The number of halogens is 1. The van der Waals surface area contributed by atoms with Crippen LogP contribution in [0.1, 0.15) is 39.7 Å². The van der Waals surface area contributed by atoms with Gasteiger partial charge in [0.15, 0.2) is 0 Å². The number of nitrogens with zero attached hydrogens (tertiary/aromatic N) is 2. The summed E-state index contributed by atoms with van der Waals surface area (Å²) in [5.41, 5.74) is 3.26. The topological polar surface area (TPSA) is 23.6 Å². The Hall–Kier alpha value is -1.55. The number of carbonyl (C=O) groups excluding carboxylic acids is 1. The molecule has 2 heterocycles. The smallest absolute Gasteiger partial charge is 0.225 e. The molecular formula is C21H27BrN2O. The fourth-order valence-corrected chi connectivity index (χ4v) is 4.80. The van der Waals surface area contributed by atoms with Crippen molar-refractivity contribution in [2.45, 2.75) is 45.7 Å². The molecule has 0 saturated carbocycles. The molecule has 2 unspecified atom stereocenters. The van der Waals surface area contributed by atoms with Crippen LogP contribution in [0.15, 0.2) is 47.0 Å². The molecule has 0 radical (unpaired) electrons. The highest BCUT2D eigenvalue weighted by atomic mass is 79.9. The molecule has 3 nitrogen and oxygen atoms in total. The van der Waals surface area contributed by atoms with Crippen molar-refractivity contribution < 1.29 is 4.79 Å². The number of carbonyl (C=O) groups is 1. The van der Waals surface area contributed by atoms with Crippen molar-refractivity contribution in [2.75, 3.05) is 18.5 Å². The predicted octanol–water partition coefficient (Wildman–Crippen LogP) is 4.87. The number of likely N-dealkylation sites (N-methyl/N-ethyl adjacent to an activating group) is 1. The molecular weight excluding hydrogens is 376 g/mol. The summed E-state index contributed by atoms with van der Waals surface area (Å²) in [6, 6.07) is 6.46. The van der Waals surface area contributed by atoms with Gasteiger partial charge in [-0.15, -0.1) is 6.58 Å². The van der Waals surface area contributed by atoms with Gasteiger partial charge in [-0.1, -0.05) is 53.6 Å². The van der Waals surface area contributed by atoms with Gasteiger partial charge < -0.3 is 9.80 Å². The first-order valence-corrected chi connectivity index (χ1v) is 9.54. The monoisotopic (exact) mass is 402 g/mol. The maximum atomic E-state index is 12.8. The molecule has 0 aliphatic carbocycles. The molecule has 1 aromatic rings. The molecule has 2 aliphatic heterocycles. The van der Waals surface area contributed by atoms with E-state index in [1.807, 2.05) is 18.0 Å². The molecule has 3 rings (SSSR count). The second-order valence-electron chi connectivity index (χ2n) is 8.05. The minimum Gasteiger partial charge on any atom is -0.346 e. The summed E-state index contributed by atoms with van der Waals surface area (Å²) in [4.78, 5) is 17.1. The van der Waals surface area contributed by atoms with E-state index in [1.165, 1.54) is 16.8 Å². The van der Waals surface area contributed by atoms with Crippen molar-refractivity contribution in [1.29, 1.82) is 0 Å². The highest BCUT2D eigenvalue weighted by molar-refractivity contribution is 9.10. The summed E-state index contributed by atoms with van der Waals surface area (Å²) in [5, 5.41) is 0. The van der Waals surface area contributed by atoms with Gasteiger partial charge >= 0.3 is 0 Å². The van der Waals surface area contributed by atoms with Gasteiger partial charge in [-0.2, -0.15) is 0 Å². The molecule has 25 heavy (non-hydrogen) atoms. The van der Waals surface area contributed by atoms with E-state index in [1.54, 1.807) is 0 Å². The van der Waals surface area contributed by atoms with E-state index in [9.17, 15) is 4.79 Å². The highest BCUT2D eigenvalue weighted by Crippen LogP contribution is 2.60. The lowest BCUT2D eigenvalue weighted by Crippen LogP contribution is -2.54. The average molecular weight is 403 g/mol. The summed E-state index contributed by atoms with van der Waals surface area (Å²) in [6.07, 6.45) is 4.78. The van der Waals surface area contributed by atoms with Crippen LogP contribution in [0, 0.1) is 5.41 Å². The Labute approximate surface area is 159 Å². The third kappa shape index (κ3) is 2.49. The summed E-state index contributed by atoms with van der Waals surface area (Å²) in [7, 11) is 1.93. The van der Waals surface area contributed by atoms with E-state index in [0.717, 1.165) is 11.0 Å². The van der Waals surface area contributed by atoms with Crippen LogP contribution in [0.4, 0.5) is 5.69 Å². The molecule has 0 N–H and O–H groups in total. The lowest BCUT2D eigenvalue weighted by molar-refractivity contribution is -0.127. The molecule has 4 heteroatoms. The van der Waals surface area contributed by atoms with E-state index in [4.69, 9.17) is 0 Å². The number of likely N-dealkylation sites (tertiary alicyclic amines) is 1. The lowest BCUT2D eigenvalue weighted by Gasteiger charge is -2.44. The number of anilines is 1. The molecule has 1 fully saturated rings. The van der Waals surface area contributed by atoms with Crippen molar-refractivity contribution in [1.82, 2.24) is 4.90 Å². The van der Waals surface area contributed by atoms with E-state index in [2.05, 4.69) is 79.4 Å². The Balaban J connectivity index is 2.28. The number of benzene rings is 1. The number of hydrogen-bond acceptors (Lipinski definition) is 2. The lowest BCUT2D eigenvalue weighted by atomic mass is 9.60. The van der Waals surface area contributed by atoms with E-state index < -0.39 is 0 Å². The SMILES string of the molecule is C=CC(C)(C)C12CC(=O)N(C)C1N(CC=C(C)C)c1cc(Br)ccc12. The summed E-state index contributed by atoms with van der Waals surface area (Å²) < 4.78 is 1.06. The van der Waals surface area contributed by atoms with Gasteiger partial charge in [0.2, 0.25) is 5.91 Å². The van der Waals surface area contributed by atoms with Crippen LogP contribution in [0.25, 0.3) is 0 Å². The third-order valence-corrected chi connectivity index (χ3v) is 6.53. The van der Waals surface area contributed by atoms with Crippen LogP contribution < -0.4 is 4.90 Å². The molecule has 0 spiro atoms. The Kier molecular flexibility index (Phi) is 4.39. The van der Waals surface area contributed by atoms with Crippen molar-refractivity contribution in [2.24, 2.45) is 5.41 Å². The van der Waals surface area contributed by atoms with Gasteiger partial charge in [-0.3, -0.25) is 4.79 Å².